The van der Waals surface area contributed by atoms with Crippen molar-refractivity contribution in [1.82, 2.24) is 0 Å². The molecule has 0 saturated carbocycles. The summed E-state index contributed by atoms with van der Waals surface area (Å²) in [7, 11) is 0. The lowest BCUT2D eigenvalue weighted by atomic mass is 10.0. The van der Waals surface area contributed by atoms with Gasteiger partial charge < -0.3 is 14.2 Å². The van der Waals surface area contributed by atoms with E-state index < -0.39 is 6.10 Å². The van der Waals surface area contributed by atoms with Gasteiger partial charge in [0.05, 0.1) is 0 Å². The summed E-state index contributed by atoms with van der Waals surface area (Å²) in [5.41, 5.74) is 0. The molecule has 0 aromatic rings. The average Bonchev–Trinajstić information content (AvgIpc) is 3.26. The zero-order chi connectivity index (χ0) is 44.4. The van der Waals surface area contributed by atoms with Crippen LogP contribution < -0.4 is 0 Å². The van der Waals surface area contributed by atoms with Crippen LogP contribution in [-0.2, 0) is 28.6 Å². The summed E-state index contributed by atoms with van der Waals surface area (Å²) in [6.07, 6.45) is 61.8. The monoisotopic (exact) mass is 851 g/mol. The van der Waals surface area contributed by atoms with E-state index in [4.69, 9.17) is 14.2 Å². The van der Waals surface area contributed by atoms with Gasteiger partial charge in [-0.05, 0) is 77.0 Å². The van der Waals surface area contributed by atoms with Gasteiger partial charge in [0.15, 0.2) is 6.10 Å². The van der Waals surface area contributed by atoms with Gasteiger partial charge in [-0.2, -0.15) is 0 Å². The van der Waals surface area contributed by atoms with Crippen LogP contribution in [-0.4, -0.2) is 37.2 Å². The van der Waals surface area contributed by atoms with Crippen molar-refractivity contribution in [2.75, 3.05) is 13.2 Å². The maximum atomic E-state index is 12.8. The van der Waals surface area contributed by atoms with Crippen LogP contribution in [0.4, 0.5) is 0 Å². The summed E-state index contributed by atoms with van der Waals surface area (Å²) in [6, 6.07) is 0. The van der Waals surface area contributed by atoms with Crippen LogP contribution in [0.2, 0.25) is 0 Å². The maximum Gasteiger partial charge on any atom is 0.306 e. The molecular formula is C55H94O6. The standard InChI is InChI=1S/C55H94O6/c1-4-7-10-13-16-19-22-25-27-29-30-33-36-39-42-45-48-54(57)60-51-52(50-59-53(56)47-44-41-38-35-32-24-21-18-15-12-9-6-3)61-55(58)49-46-43-40-37-34-31-28-26-23-20-17-14-11-8-5-2/h7,10,16,19-20,23,25,27,30,33,39,42,52H,4-6,8-9,11-15,17-18,21-22,24,26,28-29,31-32,34-38,40-41,43-51H2,1-3H3/b10-7-,19-16-,23-20-,27-25-,33-30-,42-39-. The average molecular weight is 851 g/mol. The maximum absolute atomic E-state index is 12.8. The molecule has 0 aliphatic rings. The minimum Gasteiger partial charge on any atom is -0.462 e. The van der Waals surface area contributed by atoms with Gasteiger partial charge in [0.25, 0.3) is 0 Å². The van der Waals surface area contributed by atoms with Gasteiger partial charge in [0.1, 0.15) is 13.2 Å². The van der Waals surface area contributed by atoms with Crippen molar-refractivity contribution in [2.45, 2.75) is 245 Å². The van der Waals surface area contributed by atoms with E-state index in [1.165, 1.54) is 122 Å². The molecule has 0 saturated heterocycles. The van der Waals surface area contributed by atoms with Gasteiger partial charge >= 0.3 is 17.9 Å². The highest BCUT2D eigenvalue weighted by Gasteiger charge is 2.19. The van der Waals surface area contributed by atoms with E-state index in [0.29, 0.717) is 19.3 Å². The number of carbonyl (C=O) groups excluding carboxylic acids is 3. The number of hydrogen-bond donors (Lipinski definition) is 0. The first-order valence-electron chi connectivity index (χ1n) is 25.4. The SMILES string of the molecule is CC/C=C\C/C=C\C/C=C\C/C=C\C/C=C\CCC(=O)OCC(COC(=O)CCCCCCCCCCCCCC)OC(=O)CCCCCCCCC/C=C\CCCCCC. The van der Waals surface area contributed by atoms with Crippen molar-refractivity contribution in [2.24, 2.45) is 0 Å². The lowest BCUT2D eigenvalue weighted by molar-refractivity contribution is -0.166. The fourth-order valence-corrected chi connectivity index (χ4v) is 6.90. The van der Waals surface area contributed by atoms with Crippen molar-refractivity contribution in [1.29, 1.82) is 0 Å². The van der Waals surface area contributed by atoms with Crippen molar-refractivity contribution in [3.05, 3.63) is 72.9 Å². The Morgan fingerprint density at radius 3 is 1.11 bits per heavy atom. The van der Waals surface area contributed by atoms with Gasteiger partial charge in [0.2, 0.25) is 0 Å². The second-order valence-corrected chi connectivity index (χ2v) is 16.7. The Balaban J connectivity index is 4.49. The molecule has 0 aromatic carbocycles. The molecule has 0 amide bonds. The molecule has 0 radical (unpaired) electrons. The third kappa shape index (κ3) is 47.7. The normalized spacial score (nSPS) is 12.6. The number of allylic oxidation sites excluding steroid dienone is 12. The molecule has 0 aliphatic carbocycles. The van der Waals surface area contributed by atoms with Crippen LogP contribution in [0, 0.1) is 0 Å². The molecule has 350 valence electrons. The number of ether oxygens (including phenoxy) is 3. The molecule has 6 heteroatoms. The van der Waals surface area contributed by atoms with Gasteiger partial charge in [-0.3, -0.25) is 14.4 Å². The molecule has 1 unspecified atom stereocenters. The second-order valence-electron chi connectivity index (χ2n) is 16.7. The summed E-state index contributed by atoms with van der Waals surface area (Å²) in [5.74, 6) is -0.988. The van der Waals surface area contributed by atoms with Crippen LogP contribution in [0.3, 0.4) is 0 Å². The molecule has 0 fully saturated rings. The fourth-order valence-electron chi connectivity index (χ4n) is 6.90. The highest BCUT2D eigenvalue weighted by molar-refractivity contribution is 5.71. The number of esters is 3. The van der Waals surface area contributed by atoms with Crippen molar-refractivity contribution in [3.63, 3.8) is 0 Å². The minimum absolute atomic E-state index is 0.0983. The quantitative estimate of drug-likeness (QED) is 0.0263. The highest BCUT2D eigenvalue weighted by Crippen LogP contribution is 2.14. The summed E-state index contributed by atoms with van der Waals surface area (Å²) in [6.45, 7) is 6.44. The van der Waals surface area contributed by atoms with Crippen molar-refractivity contribution in [3.8, 4) is 0 Å². The number of unbranched alkanes of at least 4 members (excludes halogenated alkanes) is 22. The van der Waals surface area contributed by atoms with Crippen LogP contribution >= 0.6 is 0 Å². The molecule has 0 aromatic heterocycles. The van der Waals surface area contributed by atoms with Crippen LogP contribution in [0.1, 0.15) is 239 Å². The van der Waals surface area contributed by atoms with Crippen molar-refractivity contribution < 1.29 is 28.6 Å². The fraction of sp³-hybridized carbons (Fsp3) is 0.727. The molecule has 0 spiro atoms. The lowest BCUT2D eigenvalue weighted by Gasteiger charge is -2.18. The van der Waals surface area contributed by atoms with Crippen LogP contribution in [0.25, 0.3) is 0 Å². The third-order valence-electron chi connectivity index (χ3n) is 10.7. The molecular weight excluding hydrogens is 757 g/mol. The number of hydrogen-bond acceptors (Lipinski definition) is 6. The zero-order valence-electron chi connectivity index (χ0n) is 39.9. The molecule has 61 heavy (non-hydrogen) atoms. The number of carbonyl (C=O) groups is 3. The van der Waals surface area contributed by atoms with Gasteiger partial charge in [0, 0.05) is 19.3 Å². The van der Waals surface area contributed by atoms with E-state index in [-0.39, 0.29) is 37.5 Å². The van der Waals surface area contributed by atoms with Crippen LogP contribution in [0.15, 0.2) is 72.9 Å². The van der Waals surface area contributed by atoms with Gasteiger partial charge in [-0.15, -0.1) is 0 Å². The van der Waals surface area contributed by atoms with E-state index in [1.54, 1.807) is 0 Å². The predicted molar refractivity (Wildman–Crippen MR) is 261 cm³/mol. The molecule has 0 bridgehead atoms. The van der Waals surface area contributed by atoms with E-state index in [9.17, 15) is 14.4 Å². The molecule has 0 heterocycles. The molecule has 6 nitrogen and oxygen atoms in total. The first kappa shape index (κ1) is 57.9. The Labute approximate surface area is 376 Å². The smallest absolute Gasteiger partial charge is 0.306 e. The predicted octanol–water partition coefficient (Wildman–Crippen LogP) is 16.6. The highest BCUT2D eigenvalue weighted by atomic mass is 16.6. The van der Waals surface area contributed by atoms with Gasteiger partial charge in [-0.1, -0.05) is 216 Å². The largest absolute Gasteiger partial charge is 0.462 e. The first-order valence-corrected chi connectivity index (χ1v) is 25.4. The Morgan fingerprint density at radius 2 is 0.672 bits per heavy atom. The summed E-state index contributed by atoms with van der Waals surface area (Å²) in [4.78, 5) is 37.9. The van der Waals surface area contributed by atoms with E-state index in [1.807, 2.05) is 6.08 Å². The summed E-state index contributed by atoms with van der Waals surface area (Å²) in [5, 5.41) is 0. The van der Waals surface area contributed by atoms with Crippen LogP contribution in [0.5, 0.6) is 0 Å². The lowest BCUT2D eigenvalue weighted by Crippen LogP contribution is -2.30. The molecule has 1 atom stereocenters. The topological polar surface area (TPSA) is 78.9 Å². The van der Waals surface area contributed by atoms with E-state index in [2.05, 4.69) is 87.6 Å². The minimum atomic E-state index is -0.804. The second kappa shape index (κ2) is 49.5. The first-order chi connectivity index (χ1) is 30.0. The van der Waals surface area contributed by atoms with E-state index >= 15 is 0 Å². The molecule has 0 N–H and O–H groups in total. The van der Waals surface area contributed by atoms with Gasteiger partial charge in [-0.25, -0.2) is 0 Å². The molecule has 0 rings (SSSR count). The Bertz CT molecular complexity index is 1160. The zero-order valence-corrected chi connectivity index (χ0v) is 39.9. The Morgan fingerprint density at radius 1 is 0.344 bits per heavy atom. The van der Waals surface area contributed by atoms with E-state index in [0.717, 1.165) is 70.6 Å². The summed E-state index contributed by atoms with van der Waals surface area (Å²) < 4.78 is 16.7. The Kier molecular flexibility index (Phi) is 46.9. The number of rotatable bonds is 45. The van der Waals surface area contributed by atoms with Crippen molar-refractivity contribution >= 4 is 17.9 Å². The Hall–Kier alpha value is -3.15. The third-order valence-corrected chi connectivity index (χ3v) is 10.7. The molecule has 0 aliphatic heterocycles. The summed E-state index contributed by atoms with van der Waals surface area (Å²) >= 11 is 0.